The van der Waals surface area contributed by atoms with Crippen molar-refractivity contribution in [3.05, 3.63) is 46.3 Å². The Morgan fingerprint density at radius 1 is 1.55 bits per heavy atom. The van der Waals surface area contributed by atoms with E-state index in [-0.39, 0.29) is 17.1 Å². The van der Waals surface area contributed by atoms with Crippen LogP contribution in [-0.2, 0) is 6.54 Å². The van der Waals surface area contributed by atoms with Gasteiger partial charge < -0.3 is 10.4 Å². The summed E-state index contributed by atoms with van der Waals surface area (Å²) in [6.07, 6.45) is 1.21. The zero-order valence-corrected chi connectivity index (χ0v) is 10.6. The number of aromatic hydroxyl groups is 1. The van der Waals surface area contributed by atoms with E-state index in [1.165, 1.54) is 23.0 Å². The van der Waals surface area contributed by atoms with Crippen molar-refractivity contribution in [2.45, 2.75) is 13.5 Å². The third-order valence-electron chi connectivity index (χ3n) is 2.58. The van der Waals surface area contributed by atoms with Gasteiger partial charge in [-0.2, -0.15) is 5.10 Å². The lowest BCUT2D eigenvalue weighted by Gasteiger charge is -2.03. The van der Waals surface area contributed by atoms with Gasteiger partial charge in [-0.05, 0) is 19.1 Å². The highest BCUT2D eigenvalue weighted by Crippen LogP contribution is 2.20. The first kappa shape index (κ1) is 13.5. The quantitative estimate of drug-likeness (QED) is 0.653. The lowest BCUT2D eigenvalue weighted by atomic mass is 10.3. The molecule has 1 amide bonds. The number of nitrogens with one attached hydrogen (secondary N) is 1. The van der Waals surface area contributed by atoms with Gasteiger partial charge in [-0.25, -0.2) is 0 Å². The van der Waals surface area contributed by atoms with Crippen molar-refractivity contribution in [2.24, 2.45) is 0 Å². The van der Waals surface area contributed by atoms with Gasteiger partial charge in [0.2, 0.25) is 5.69 Å². The Hall–Kier alpha value is -2.90. The van der Waals surface area contributed by atoms with E-state index in [9.17, 15) is 20.0 Å². The molecule has 0 aliphatic carbocycles. The van der Waals surface area contributed by atoms with Gasteiger partial charge in [-0.15, -0.1) is 0 Å². The SMILES string of the molecule is CCn1cc([N+](=O)[O-])c(C(=O)Nc2cccc(O)c2)n1. The Balaban J connectivity index is 2.29. The molecule has 2 rings (SSSR count). The zero-order valence-electron chi connectivity index (χ0n) is 10.6. The van der Waals surface area contributed by atoms with Crippen molar-refractivity contribution in [2.75, 3.05) is 5.32 Å². The molecular formula is C12H12N4O4. The highest BCUT2D eigenvalue weighted by Gasteiger charge is 2.25. The monoisotopic (exact) mass is 276 g/mol. The van der Waals surface area contributed by atoms with Gasteiger partial charge >= 0.3 is 5.69 Å². The molecule has 8 heteroatoms. The van der Waals surface area contributed by atoms with Crippen LogP contribution in [0, 0.1) is 10.1 Å². The number of anilines is 1. The van der Waals surface area contributed by atoms with Crippen molar-refractivity contribution >= 4 is 17.3 Å². The molecule has 2 N–H and O–H groups in total. The maximum absolute atomic E-state index is 12.0. The van der Waals surface area contributed by atoms with E-state index in [1.54, 1.807) is 19.1 Å². The van der Waals surface area contributed by atoms with E-state index in [0.29, 0.717) is 12.2 Å². The number of hydrogen-bond donors (Lipinski definition) is 2. The fourth-order valence-corrected chi connectivity index (χ4v) is 1.64. The largest absolute Gasteiger partial charge is 0.508 e. The maximum atomic E-state index is 12.0. The molecule has 0 fully saturated rings. The Labute approximate surface area is 113 Å². The number of aromatic nitrogens is 2. The number of amides is 1. The molecule has 0 aliphatic heterocycles. The van der Waals surface area contributed by atoms with Crippen LogP contribution in [0.4, 0.5) is 11.4 Å². The smallest absolute Gasteiger partial charge is 0.320 e. The summed E-state index contributed by atoms with van der Waals surface area (Å²) in [4.78, 5) is 22.2. The molecule has 104 valence electrons. The number of aryl methyl sites for hydroxylation is 1. The molecule has 0 unspecified atom stereocenters. The summed E-state index contributed by atoms with van der Waals surface area (Å²) in [5.74, 6) is -0.717. The fourth-order valence-electron chi connectivity index (χ4n) is 1.64. The summed E-state index contributed by atoms with van der Waals surface area (Å²) >= 11 is 0. The summed E-state index contributed by atoms with van der Waals surface area (Å²) < 4.78 is 1.31. The van der Waals surface area contributed by atoms with Gasteiger partial charge in [0.05, 0.1) is 4.92 Å². The van der Waals surface area contributed by atoms with Gasteiger partial charge in [-0.1, -0.05) is 6.07 Å². The summed E-state index contributed by atoms with van der Waals surface area (Å²) in [5, 5.41) is 26.5. The minimum Gasteiger partial charge on any atom is -0.508 e. The lowest BCUT2D eigenvalue weighted by Crippen LogP contribution is -2.14. The Kier molecular flexibility index (Phi) is 3.65. The number of phenolic OH excluding ortho intramolecular Hbond substituents is 1. The van der Waals surface area contributed by atoms with Gasteiger partial charge in [-0.3, -0.25) is 19.6 Å². The van der Waals surface area contributed by atoms with Crippen LogP contribution in [0.5, 0.6) is 5.75 Å². The molecule has 0 radical (unpaired) electrons. The van der Waals surface area contributed by atoms with E-state index < -0.39 is 10.8 Å². The number of carbonyl (C=O) groups excluding carboxylic acids is 1. The predicted molar refractivity (Wildman–Crippen MR) is 70.6 cm³/mol. The van der Waals surface area contributed by atoms with Crippen molar-refractivity contribution in [1.29, 1.82) is 0 Å². The minimum absolute atomic E-state index is 0.0172. The predicted octanol–water partition coefficient (Wildman–Crippen LogP) is 1.77. The summed E-state index contributed by atoms with van der Waals surface area (Å²) in [7, 11) is 0. The van der Waals surface area contributed by atoms with E-state index >= 15 is 0 Å². The second-order valence-corrected chi connectivity index (χ2v) is 3.98. The number of rotatable bonds is 4. The molecular weight excluding hydrogens is 264 g/mol. The highest BCUT2D eigenvalue weighted by molar-refractivity contribution is 6.05. The first-order chi connectivity index (χ1) is 9.51. The van der Waals surface area contributed by atoms with Crippen LogP contribution in [0.3, 0.4) is 0 Å². The Morgan fingerprint density at radius 2 is 2.30 bits per heavy atom. The molecule has 0 saturated carbocycles. The zero-order chi connectivity index (χ0) is 14.7. The van der Waals surface area contributed by atoms with E-state index in [0.717, 1.165) is 0 Å². The van der Waals surface area contributed by atoms with Crippen molar-refractivity contribution in [1.82, 2.24) is 9.78 Å². The minimum atomic E-state index is -0.700. The molecule has 0 saturated heterocycles. The fraction of sp³-hybridized carbons (Fsp3) is 0.167. The molecule has 0 spiro atoms. The number of benzene rings is 1. The number of hydrogen-bond acceptors (Lipinski definition) is 5. The van der Waals surface area contributed by atoms with Gasteiger partial charge in [0.1, 0.15) is 11.9 Å². The van der Waals surface area contributed by atoms with Crippen molar-refractivity contribution in [3.63, 3.8) is 0 Å². The van der Waals surface area contributed by atoms with Crippen LogP contribution in [0.15, 0.2) is 30.5 Å². The van der Waals surface area contributed by atoms with E-state index in [1.807, 2.05) is 0 Å². The third-order valence-corrected chi connectivity index (χ3v) is 2.58. The van der Waals surface area contributed by atoms with Gasteiger partial charge in [0.15, 0.2) is 0 Å². The molecule has 1 aromatic carbocycles. The normalized spacial score (nSPS) is 10.2. The van der Waals surface area contributed by atoms with Crippen LogP contribution >= 0.6 is 0 Å². The highest BCUT2D eigenvalue weighted by atomic mass is 16.6. The lowest BCUT2D eigenvalue weighted by molar-refractivity contribution is -0.385. The molecule has 0 aliphatic rings. The van der Waals surface area contributed by atoms with Crippen LogP contribution in [0.25, 0.3) is 0 Å². The number of carbonyl (C=O) groups is 1. The molecule has 1 aromatic heterocycles. The Bertz CT molecular complexity index is 665. The number of nitro groups is 1. The first-order valence-electron chi connectivity index (χ1n) is 5.83. The number of nitrogens with zero attached hydrogens (tertiary/aromatic N) is 3. The second-order valence-electron chi connectivity index (χ2n) is 3.98. The van der Waals surface area contributed by atoms with Crippen LogP contribution in [-0.4, -0.2) is 25.7 Å². The topological polar surface area (TPSA) is 110 Å². The molecule has 8 nitrogen and oxygen atoms in total. The standard InChI is InChI=1S/C12H12N4O4/c1-2-15-7-10(16(19)20)11(14-15)12(18)13-8-4-3-5-9(17)6-8/h3-7,17H,2H2,1H3,(H,13,18). The summed E-state index contributed by atoms with van der Waals surface area (Å²) in [6, 6.07) is 5.88. The van der Waals surface area contributed by atoms with Crippen LogP contribution < -0.4 is 5.32 Å². The van der Waals surface area contributed by atoms with Gasteiger partial charge in [0, 0.05) is 18.3 Å². The first-order valence-corrected chi connectivity index (χ1v) is 5.83. The van der Waals surface area contributed by atoms with Crippen LogP contribution in [0.2, 0.25) is 0 Å². The van der Waals surface area contributed by atoms with Gasteiger partial charge in [0.25, 0.3) is 5.91 Å². The average Bonchev–Trinajstić information content (AvgIpc) is 2.83. The molecule has 0 bridgehead atoms. The molecule has 20 heavy (non-hydrogen) atoms. The third kappa shape index (κ3) is 2.74. The van der Waals surface area contributed by atoms with Crippen LogP contribution in [0.1, 0.15) is 17.4 Å². The summed E-state index contributed by atoms with van der Waals surface area (Å²) in [6.45, 7) is 2.17. The maximum Gasteiger partial charge on any atom is 0.320 e. The van der Waals surface area contributed by atoms with Crippen molar-refractivity contribution < 1.29 is 14.8 Å². The summed E-state index contributed by atoms with van der Waals surface area (Å²) in [5.41, 5.74) is -0.292. The number of phenols is 1. The second kappa shape index (κ2) is 5.39. The molecule has 0 atom stereocenters. The van der Waals surface area contributed by atoms with E-state index in [2.05, 4.69) is 10.4 Å². The van der Waals surface area contributed by atoms with Crippen molar-refractivity contribution in [3.8, 4) is 5.75 Å². The Morgan fingerprint density at radius 3 is 2.90 bits per heavy atom. The molecule has 1 heterocycles. The van der Waals surface area contributed by atoms with E-state index in [4.69, 9.17) is 0 Å². The molecule has 2 aromatic rings. The average molecular weight is 276 g/mol.